The van der Waals surface area contributed by atoms with Gasteiger partial charge < -0.3 is 20.5 Å². The number of ether oxygens (including phenoxy) is 1. The molecule has 2 saturated heterocycles. The van der Waals surface area contributed by atoms with Crippen molar-refractivity contribution in [2.75, 3.05) is 12.3 Å². The maximum absolute atomic E-state index is 11.5. The van der Waals surface area contributed by atoms with E-state index in [9.17, 15) is 14.6 Å². The highest BCUT2D eigenvalue weighted by atomic mass is 35.5. The Morgan fingerprint density at radius 1 is 1.39 bits per heavy atom. The van der Waals surface area contributed by atoms with E-state index in [4.69, 9.17) is 15.0 Å². The van der Waals surface area contributed by atoms with E-state index in [0.717, 1.165) is 0 Å². The quantitative estimate of drug-likeness (QED) is 0.568. The summed E-state index contributed by atoms with van der Waals surface area (Å²) in [5.41, 5.74) is 6.46. The van der Waals surface area contributed by atoms with Crippen molar-refractivity contribution < 1.29 is 28.3 Å². The minimum Gasteiger partial charge on any atom is -0.386 e. The topological polar surface area (TPSA) is 155 Å². The second kappa shape index (κ2) is 5.64. The number of aromatic nitrogens is 4. The molecule has 2 fully saturated rings. The Bertz CT molecular complexity index is 788. The highest BCUT2D eigenvalue weighted by Gasteiger charge is 2.52. The Labute approximate surface area is 135 Å². The highest BCUT2D eigenvalue weighted by Crippen LogP contribution is 2.52. The molecule has 2 aromatic rings. The van der Waals surface area contributed by atoms with Crippen molar-refractivity contribution in [2.24, 2.45) is 0 Å². The van der Waals surface area contributed by atoms with Gasteiger partial charge in [0.15, 0.2) is 17.7 Å². The van der Waals surface area contributed by atoms with Crippen LogP contribution in [0, 0.1) is 0 Å². The highest BCUT2D eigenvalue weighted by molar-refractivity contribution is 7.47. The van der Waals surface area contributed by atoms with Crippen molar-refractivity contribution in [2.45, 2.75) is 24.5 Å². The van der Waals surface area contributed by atoms with Gasteiger partial charge in [-0.05, 0) is 0 Å². The maximum atomic E-state index is 11.5. The summed E-state index contributed by atoms with van der Waals surface area (Å²) in [6.45, 7) is -0.157. The van der Waals surface area contributed by atoms with Crippen LogP contribution < -0.4 is 5.73 Å². The summed E-state index contributed by atoms with van der Waals surface area (Å²) < 4.78 is 28.2. The van der Waals surface area contributed by atoms with Crippen LogP contribution in [0.25, 0.3) is 11.2 Å². The molecule has 2 aromatic heterocycles. The second-order valence-corrected chi connectivity index (χ2v) is 6.38. The Morgan fingerprint density at radius 3 is 2.96 bits per heavy atom. The van der Waals surface area contributed by atoms with E-state index in [1.807, 2.05) is 0 Å². The number of hydrogen-bond acceptors (Lipinski definition) is 9. The van der Waals surface area contributed by atoms with Gasteiger partial charge in [0, 0.05) is 0 Å². The van der Waals surface area contributed by atoms with Gasteiger partial charge in [0.05, 0.1) is 12.9 Å². The van der Waals surface area contributed by atoms with Gasteiger partial charge in [-0.2, -0.15) is 0 Å². The van der Waals surface area contributed by atoms with Crippen LogP contribution in [0.3, 0.4) is 0 Å². The van der Waals surface area contributed by atoms with E-state index >= 15 is 0 Å². The number of rotatable bonds is 1. The summed E-state index contributed by atoms with van der Waals surface area (Å²) >= 11 is 0. The summed E-state index contributed by atoms with van der Waals surface area (Å²) in [7, 11) is -4.16. The van der Waals surface area contributed by atoms with E-state index in [2.05, 4.69) is 19.5 Å². The molecule has 5 atom stereocenters. The van der Waals surface area contributed by atoms with Crippen molar-refractivity contribution in [3.63, 3.8) is 0 Å². The third-order valence-corrected chi connectivity index (χ3v) is 4.61. The molecule has 0 aliphatic carbocycles. The fourth-order valence-electron chi connectivity index (χ4n) is 2.62. The smallest absolute Gasteiger partial charge is 0.386 e. The average molecular weight is 366 g/mol. The molecule has 0 aromatic carbocycles. The minimum absolute atomic E-state index is 0. The van der Waals surface area contributed by atoms with Crippen molar-refractivity contribution >= 4 is 37.2 Å². The number of aliphatic hydroxyl groups excluding tert-OH is 1. The fraction of sp³-hybridized carbons (Fsp3) is 0.500. The molecular formula is C10H13ClN5O6P. The molecule has 2 aliphatic rings. The zero-order valence-corrected chi connectivity index (χ0v) is 13.1. The number of halogens is 1. The molecule has 2 aliphatic heterocycles. The molecule has 13 heteroatoms. The SMILES string of the molecule is Cl.Nc1ncnc2c1ncn2[C@@H]1O[C@@H]2COP(=O)(O)O[C@H]2[C@H]1O. The molecule has 0 spiro atoms. The third kappa shape index (κ3) is 2.60. The predicted octanol–water partition coefficient (Wildman–Crippen LogP) is -0.396. The van der Waals surface area contributed by atoms with E-state index in [1.165, 1.54) is 17.2 Å². The zero-order valence-electron chi connectivity index (χ0n) is 11.4. The number of nitrogens with zero attached hydrogens (tertiary/aromatic N) is 4. The van der Waals surface area contributed by atoms with Crippen LogP contribution in [-0.4, -0.2) is 54.4 Å². The van der Waals surface area contributed by atoms with Crippen LogP contribution >= 0.6 is 20.2 Å². The summed E-state index contributed by atoms with van der Waals surface area (Å²) in [5, 5.41) is 10.4. The van der Waals surface area contributed by atoms with E-state index < -0.39 is 32.4 Å². The normalized spacial score (nSPS) is 36.6. The molecular weight excluding hydrogens is 353 g/mol. The standard InChI is InChI=1S/C10H12N5O6P.ClH/c11-8-5-9(13-2-12-8)15(3-14-5)10-6(16)7-4(20-10)1-19-22(17,18)21-7;/h2-4,6-7,10,16H,1H2,(H,17,18)(H2,11,12,13);1H/t4-,6-,7-,10-;/m1./s1. The van der Waals surface area contributed by atoms with Crippen LogP contribution in [-0.2, 0) is 18.3 Å². The Morgan fingerprint density at radius 2 is 2.17 bits per heavy atom. The second-order valence-electron chi connectivity index (χ2n) is 4.97. The first kappa shape index (κ1) is 16.5. The lowest BCUT2D eigenvalue weighted by atomic mass is 10.1. The van der Waals surface area contributed by atoms with Gasteiger partial charge in [0.25, 0.3) is 0 Å². The first-order valence-electron chi connectivity index (χ1n) is 6.38. The molecule has 1 unspecified atom stereocenters. The first-order valence-corrected chi connectivity index (χ1v) is 7.88. The largest absolute Gasteiger partial charge is 0.472 e. The van der Waals surface area contributed by atoms with Crippen molar-refractivity contribution in [1.29, 1.82) is 0 Å². The van der Waals surface area contributed by atoms with Gasteiger partial charge in [-0.25, -0.2) is 19.5 Å². The Hall–Kier alpha value is -1.33. The monoisotopic (exact) mass is 365 g/mol. The molecule has 0 bridgehead atoms. The number of hydrogen-bond donors (Lipinski definition) is 3. The molecule has 4 N–H and O–H groups in total. The molecule has 4 heterocycles. The van der Waals surface area contributed by atoms with Gasteiger partial charge in [-0.15, -0.1) is 12.4 Å². The average Bonchev–Trinajstić information content (AvgIpc) is 3.01. The van der Waals surface area contributed by atoms with Crippen LogP contribution in [0.15, 0.2) is 12.7 Å². The lowest BCUT2D eigenvalue weighted by Gasteiger charge is -2.27. The first-order chi connectivity index (χ1) is 10.5. The third-order valence-electron chi connectivity index (χ3n) is 3.63. The van der Waals surface area contributed by atoms with Crippen LogP contribution in [0.5, 0.6) is 0 Å². The minimum atomic E-state index is -4.16. The van der Waals surface area contributed by atoms with Crippen molar-refractivity contribution in [1.82, 2.24) is 19.5 Å². The van der Waals surface area contributed by atoms with Crippen LogP contribution in [0.4, 0.5) is 5.82 Å². The lowest BCUT2D eigenvalue weighted by Crippen LogP contribution is -2.39. The Kier molecular flexibility index (Phi) is 4.05. The Balaban J connectivity index is 0.00000156. The molecule has 0 amide bonds. The van der Waals surface area contributed by atoms with Crippen molar-refractivity contribution in [3.8, 4) is 0 Å². The van der Waals surface area contributed by atoms with Crippen LogP contribution in [0.2, 0.25) is 0 Å². The van der Waals surface area contributed by atoms with Gasteiger partial charge in [0.1, 0.15) is 30.2 Å². The molecule has 126 valence electrons. The number of fused-ring (bicyclic) bond motifs is 2. The molecule has 0 saturated carbocycles. The lowest BCUT2D eigenvalue weighted by molar-refractivity contribution is -0.0664. The number of phosphoric ester groups is 1. The maximum Gasteiger partial charge on any atom is 0.472 e. The van der Waals surface area contributed by atoms with E-state index in [0.29, 0.717) is 11.2 Å². The van der Waals surface area contributed by atoms with Gasteiger partial charge in [0.2, 0.25) is 0 Å². The number of imidazole rings is 1. The zero-order chi connectivity index (χ0) is 15.5. The summed E-state index contributed by atoms with van der Waals surface area (Å²) in [6.07, 6.45) is -1.07. The number of nitrogen functional groups attached to an aromatic ring is 1. The molecule has 11 nitrogen and oxygen atoms in total. The number of aliphatic hydroxyl groups is 1. The summed E-state index contributed by atoms with van der Waals surface area (Å²) in [5.74, 6) is 0.202. The number of nitrogens with two attached hydrogens (primary N) is 1. The number of anilines is 1. The predicted molar refractivity (Wildman–Crippen MR) is 77.6 cm³/mol. The van der Waals surface area contributed by atoms with Gasteiger partial charge in [-0.1, -0.05) is 0 Å². The van der Waals surface area contributed by atoms with E-state index in [-0.39, 0.29) is 24.8 Å². The fourth-order valence-corrected chi connectivity index (χ4v) is 3.59. The van der Waals surface area contributed by atoms with E-state index in [1.54, 1.807) is 0 Å². The van der Waals surface area contributed by atoms with Crippen LogP contribution in [0.1, 0.15) is 6.23 Å². The van der Waals surface area contributed by atoms with Gasteiger partial charge in [-0.3, -0.25) is 13.6 Å². The molecule has 4 rings (SSSR count). The summed E-state index contributed by atoms with van der Waals surface area (Å²) in [4.78, 5) is 21.3. The molecule has 0 radical (unpaired) electrons. The summed E-state index contributed by atoms with van der Waals surface area (Å²) in [6, 6.07) is 0. The number of phosphoric acid groups is 1. The van der Waals surface area contributed by atoms with Crippen molar-refractivity contribution in [3.05, 3.63) is 12.7 Å². The van der Waals surface area contributed by atoms with Gasteiger partial charge >= 0.3 is 7.82 Å². The molecule has 23 heavy (non-hydrogen) atoms.